The van der Waals surface area contributed by atoms with Crippen LogP contribution in [0, 0.1) is 11.6 Å². The summed E-state index contributed by atoms with van der Waals surface area (Å²) >= 11 is 0. The Morgan fingerprint density at radius 1 is 1.06 bits per heavy atom. The van der Waals surface area contributed by atoms with Gasteiger partial charge in [0.05, 0.1) is 36.0 Å². The van der Waals surface area contributed by atoms with Crippen LogP contribution in [0.1, 0.15) is 18.4 Å². The highest BCUT2D eigenvalue weighted by atomic mass is 31.2. The van der Waals surface area contributed by atoms with Gasteiger partial charge in [-0.3, -0.25) is 4.98 Å². The number of nitrogens with two attached hydrogens (primary N) is 2. The Bertz CT molecular complexity index is 2030. The van der Waals surface area contributed by atoms with Crippen molar-refractivity contribution >= 4 is 30.3 Å². The zero-order valence-electron chi connectivity index (χ0n) is 25.4. The van der Waals surface area contributed by atoms with Crippen LogP contribution in [-0.4, -0.2) is 82.0 Å². The second-order valence-electron chi connectivity index (χ2n) is 11.3. The highest BCUT2D eigenvalue weighted by molar-refractivity contribution is 7.53. The lowest BCUT2D eigenvalue weighted by molar-refractivity contribution is -0.0529. The van der Waals surface area contributed by atoms with Crippen LogP contribution in [0.25, 0.3) is 22.4 Å². The van der Waals surface area contributed by atoms with Crippen LogP contribution < -0.4 is 25.6 Å². The van der Waals surface area contributed by atoms with Crippen molar-refractivity contribution in [3.8, 4) is 23.0 Å². The van der Waals surface area contributed by atoms with Gasteiger partial charge < -0.3 is 40.2 Å². The lowest BCUT2D eigenvalue weighted by Crippen LogP contribution is -2.63. The van der Waals surface area contributed by atoms with Gasteiger partial charge in [-0.15, -0.1) is 0 Å². The summed E-state index contributed by atoms with van der Waals surface area (Å²) in [6.07, 6.45) is 0.993. The molecule has 3 atom stereocenters. The maximum Gasteiger partial charge on any atom is 0.416 e. The molecule has 5 aromatic rings. The molecule has 6 N–H and O–H groups in total. The van der Waals surface area contributed by atoms with Crippen molar-refractivity contribution in [2.45, 2.75) is 37.5 Å². The topological polar surface area (TPSA) is 214 Å². The molecule has 20 heteroatoms. The molecular weight excluding hydrogens is 675 g/mol. The van der Waals surface area contributed by atoms with Crippen LogP contribution >= 0.6 is 7.60 Å². The van der Waals surface area contributed by atoms with E-state index in [-0.39, 0.29) is 36.6 Å². The van der Waals surface area contributed by atoms with Crippen LogP contribution in [0.5, 0.6) is 11.8 Å². The molecule has 0 aliphatic carbocycles. The third-order valence-electron chi connectivity index (χ3n) is 7.91. The number of anilines is 2. The fraction of sp³-hybridized carbons (Fsp3) is 0.310. The largest absolute Gasteiger partial charge is 0.477 e. The minimum atomic E-state index is -4.52. The van der Waals surface area contributed by atoms with E-state index >= 15 is 8.78 Å². The van der Waals surface area contributed by atoms with Crippen molar-refractivity contribution in [3.63, 3.8) is 0 Å². The van der Waals surface area contributed by atoms with E-state index in [1.807, 2.05) is 0 Å². The fourth-order valence-corrected chi connectivity index (χ4v) is 6.23. The molecule has 15 nitrogen and oxygen atoms in total. The number of rotatable bonds is 11. The highest BCUT2D eigenvalue weighted by Crippen LogP contribution is 2.42. The molecule has 1 aliphatic heterocycles. The molecule has 4 aromatic heterocycles. The average Bonchev–Trinajstić information content (AvgIpc) is 3.48. The predicted molar refractivity (Wildman–Crippen MR) is 167 cm³/mol. The van der Waals surface area contributed by atoms with E-state index in [1.54, 1.807) is 9.47 Å². The number of ether oxygens (including phenoxy) is 1. The first-order valence-electron chi connectivity index (χ1n) is 14.6. The monoisotopic (exact) mass is 704 g/mol. The second-order valence-corrected chi connectivity index (χ2v) is 13.1. The van der Waals surface area contributed by atoms with Gasteiger partial charge in [-0.25, -0.2) is 47.0 Å². The smallest absolute Gasteiger partial charge is 0.416 e. The quantitative estimate of drug-likeness (QED) is 0.115. The minimum Gasteiger partial charge on any atom is -0.477 e. The number of aliphatic hydroxyl groups excluding tert-OH is 1. The number of fused-ring (bicyclic) bond motifs is 1. The van der Waals surface area contributed by atoms with Crippen LogP contribution in [0.4, 0.5) is 29.1 Å². The molecule has 5 heterocycles. The summed E-state index contributed by atoms with van der Waals surface area (Å²) in [4.78, 5) is 35.9. The third kappa shape index (κ3) is 7.24. The standard InChI is InChI=1S/C29H29F4N10O5P/c30-18-9-22(47-15-49(45,46)48-28-36-4-2-5-37-28)19(31)8-17(18)20-7-16(11-43-14-41-23-26(34)39-13-40-27(23)43)21(10-38-20)42-6-1-3-29(35,12-42)24(44)25(32)33/h2,4-5,7-10,13-14,24-25,44H,1,3,6,11-12,15,35H2,(H,45,46)(H2,34,39,40)/t24-,29-/m1/s1. The van der Waals surface area contributed by atoms with Gasteiger partial charge in [0.25, 0.3) is 6.43 Å². The number of piperidine rings is 1. The summed E-state index contributed by atoms with van der Waals surface area (Å²) in [6, 6.07) is 4.04. The number of hydrogen-bond donors (Lipinski definition) is 4. The summed E-state index contributed by atoms with van der Waals surface area (Å²) in [5.41, 5.74) is 11.9. The highest BCUT2D eigenvalue weighted by Gasteiger charge is 2.43. The fourth-order valence-electron chi connectivity index (χ4n) is 5.53. The molecule has 1 fully saturated rings. The normalized spacial score (nSPS) is 18.4. The molecule has 1 unspecified atom stereocenters. The van der Waals surface area contributed by atoms with E-state index in [1.165, 1.54) is 43.4 Å². The molecule has 0 amide bonds. The number of nitrogen functional groups attached to an aromatic ring is 1. The Hall–Kier alpha value is -4.97. The molecule has 0 saturated carbocycles. The third-order valence-corrected chi connectivity index (χ3v) is 8.81. The Kier molecular flexibility index (Phi) is 9.35. The molecule has 1 saturated heterocycles. The molecule has 258 valence electrons. The molecule has 6 rings (SSSR count). The maximum atomic E-state index is 15.5. The van der Waals surface area contributed by atoms with Crippen molar-refractivity contribution < 1.29 is 41.4 Å². The summed E-state index contributed by atoms with van der Waals surface area (Å²) in [5.74, 6) is -2.58. The van der Waals surface area contributed by atoms with Crippen molar-refractivity contribution in [3.05, 3.63) is 72.7 Å². The van der Waals surface area contributed by atoms with Crippen LogP contribution in [0.15, 0.2) is 55.5 Å². The zero-order valence-corrected chi connectivity index (χ0v) is 26.3. The summed E-state index contributed by atoms with van der Waals surface area (Å²) in [6.45, 7) is 0.286. The Morgan fingerprint density at radius 3 is 2.59 bits per heavy atom. The summed E-state index contributed by atoms with van der Waals surface area (Å²) in [7, 11) is -4.52. The van der Waals surface area contributed by atoms with Crippen molar-refractivity contribution in [1.82, 2.24) is 34.5 Å². The number of nitrogens with zero attached hydrogens (tertiary/aromatic N) is 8. The summed E-state index contributed by atoms with van der Waals surface area (Å²) < 4.78 is 81.8. The second kappa shape index (κ2) is 13.5. The number of alkyl halides is 2. The number of aromatic nitrogens is 7. The number of hydrogen-bond acceptors (Lipinski definition) is 13. The van der Waals surface area contributed by atoms with Crippen LogP contribution in [0.2, 0.25) is 0 Å². The number of halogens is 4. The van der Waals surface area contributed by atoms with Gasteiger partial charge in [0.15, 0.2) is 23.0 Å². The van der Waals surface area contributed by atoms with Gasteiger partial charge in [0.1, 0.15) is 23.8 Å². The van der Waals surface area contributed by atoms with Gasteiger partial charge in [0, 0.05) is 37.1 Å². The van der Waals surface area contributed by atoms with Gasteiger partial charge in [0.2, 0.25) is 6.35 Å². The molecule has 49 heavy (non-hydrogen) atoms. The van der Waals surface area contributed by atoms with Crippen molar-refractivity contribution in [1.29, 1.82) is 0 Å². The van der Waals surface area contributed by atoms with E-state index in [0.717, 1.165) is 6.07 Å². The first-order valence-corrected chi connectivity index (χ1v) is 16.4. The predicted octanol–water partition coefficient (Wildman–Crippen LogP) is 3.11. The van der Waals surface area contributed by atoms with Crippen molar-refractivity contribution in [2.24, 2.45) is 5.73 Å². The Morgan fingerprint density at radius 2 is 1.84 bits per heavy atom. The molecule has 0 radical (unpaired) electrons. The molecule has 0 spiro atoms. The average molecular weight is 705 g/mol. The molecule has 0 bridgehead atoms. The first kappa shape index (κ1) is 33.9. The molecular formula is C29H29F4N10O5P. The maximum absolute atomic E-state index is 15.5. The minimum absolute atomic E-state index is 0.0127. The van der Waals surface area contributed by atoms with Crippen molar-refractivity contribution in [2.75, 3.05) is 30.1 Å². The number of aliphatic hydroxyl groups is 1. The van der Waals surface area contributed by atoms with Gasteiger partial charge >= 0.3 is 13.6 Å². The summed E-state index contributed by atoms with van der Waals surface area (Å²) in [5, 5.41) is 10.2. The Labute approximate surface area is 275 Å². The van der Waals surface area contributed by atoms with E-state index in [9.17, 15) is 23.3 Å². The molecule has 1 aliphatic rings. The number of pyridine rings is 1. The van der Waals surface area contributed by atoms with Crippen LogP contribution in [-0.2, 0) is 11.1 Å². The van der Waals surface area contributed by atoms with E-state index in [0.29, 0.717) is 41.4 Å². The Balaban J connectivity index is 1.32. The van der Waals surface area contributed by atoms with E-state index in [4.69, 9.17) is 20.7 Å². The lowest BCUT2D eigenvalue weighted by atomic mass is 9.84. The van der Waals surface area contributed by atoms with Gasteiger partial charge in [-0.05, 0) is 36.6 Å². The lowest BCUT2D eigenvalue weighted by Gasteiger charge is -2.44. The van der Waals surface area contributed by atoms with E-state index in [2.05, 4.69) is 29.9 Å². The SMILES string of the molecule is Nc1ncnc2c1ncn2Cc1cc(-c2cc(F)c(OCP(=O)(O)Oc3ncccn3)cc2F)ncc1N1CCC[C@](N)([C@H](O)C(F)F)C1. The van der Waals surface area contributed by atoms with E-state index < -0.39 is 55.4 Å². The van der Waals surface area contributed by atoms with Gasteiger partial charge in [-0.2, -0.15) is 0 Å². The number of benzene rings is 1. The first-order chi connectivity index (χ1) is 23.3. The number of imidazole rings is 1. The van der Waals surface area contributed by atoms with Crippen LogP contribution in [0.3, 0.4) is 0 Å². The molecule has 1 aromatic carbocycles. The van der Waals surface area contributed by atoms with Gasteiger partial charge in [-0.1, -0.05) is 0 Å². The zero-order chi connectivity index (χ0) is 34.9.